The molecular formula is C13H18FNO4S. The van der Waals surface area contributed by atoms with Crippen molar-refractivity contribution >= 4 is 10.0 Å². The first-order valence-electron chi connectivity index (χ1n) is 6.32. The second-order valence-electron chi connectivity index (χ2n) is 5.25. The number of hydrogen-bond acceptors (Lipinski definition) is 4. The molecule has 112 valence electrons. The summed E-state index contributed by atoms with van der Waals surface area (Å²) < 4.78 is 44.7. The summed E-state index contributed by atoms with van der Waals surface area (Å²) in [6, 6.07) is 3.41. The number of halogens is 1. The van der Waals surface area contributed by atoms with Gasteiger partial charge in [0.1, 0.15) is 0 Å². The minimum absolute atomic E-state index is 0.0195. The quantitative estimate of drug-likeness (QED) is 0.830. The lowest BCUT2D eigenvalue weighted by Gasteiger charge is -2.23. The Hall–Kier alpha value is -1.18. The third kappa shape index (κ3) is 3.28. The predicted octanol–water partition coefficient (Wildman–Crippen LogP) is 1.27. The van der Waals surface area contributed by atoms with Gasteiger partial charge < -0.3 is 9.84 Å². The average Bonchev–Trinajstić information content (AvgIpc) is 3.21. The molecule has 0 bridgehead atoms. The van der Waals surface area contributed by atoms with E-state index < -0.39 is 21.4 Å². The van der Waals surface area contributed by atoms with Crippen molar-refractivity contribution in [2.75, 3.05) is 13.7 Å². The van der Waals surface area contributed by atoms with Gasteiger partial charge in [-0.1, -0.05) is 0 Å². The van der Waals surface area contributed by atoms with Gasteiger partial charge in [0, 0.05) is 6.54 Å². The summed E-state index contributed by atoms with van der Waals surface area (Å²) in [6.07, 6.45) is 1.79. The third-order valence-electron chi connectivity index (χ3n) is 3.51. The molecule has 2 N–H and O–H groups in total. The van der Waals surface area contributed by atoms with Gasteiger partial charge in [0.25, 0.3) is 0 Å². The van der Waals surface area contributed by atoms with Crippen LogP contribution in [0.3, 0.4) is 0 Å². The molecule has 1 aliphatic carbocycles. The van der Waals surface area contributed by atoms with Crippen LogP contribution < -0.4 is 9.46 Å². The van der Waals surface area contributed by atoms with Crippen LogP contribution in [0.15, 0.2) is 23.1 Å². The molecule has 0 heterocycles. The molecular weight excluding hydrogens is 285 g/mol. The molecule has 0 aromatic heterocycles. The summed E-state index contributed by atoms with van der Waals surface area (Å²) >= 11 is 0. The molecule has 0 spiro atoms. The molecule has 1 aromatic carbocycles. The molecule has 0 aliphatic heterocycles. The highest BCUT2D eigenvalue weighted by molar-refractivity contribution is 7.89. The van der Waals surface area contributed by atoms with Gasteiger partial charge in [0.05, 0.1) is 17.6 Å². The highest BCUT2D eigenvalue weighted by Gasteiger charge is 2.40. The van der Waals surface area contributed by atoms with E-state index in [1.807, 2.05) is 0 Å². The molecule has 1 unspecified atom stereocenters. The molecule has 1 atom stereocenters. The highest BCUT2D eigenvalue weighted by atomic mass is 32.2. The lowest BCUT2D eigenvalue weighted by molar-refractivity contribution is 0.0422. The van der Waals surface area contributed by atoms with Crippen molar-refractivity contribution in [3.05, 3.63) is 24.0 Å². The summed E-state index contributed by atoms with van der Waals surface area (Å²) in [5.41, 5.74) is -1.07. The zero-order valence-electron chi connectivity index (χ0n) is 11.4. The lowest BCUT2D eigenvalue weighted by atomic mass is 10.0. The van der Waals surface area contributed by atoms with Crippen molar-refractivity contribution in [1.29, 1.82) is 0 Å². The number of rotatable bonds is 6. The Morgan fingerprint density at radius 2 is 2.15 bits per heavy atom. The van der Waals surface area contributed by atoms with Crippen LogP contribution in [0.4, 0.5) is 4.39 Å². The molecule has 1 aromatic rings. The van der Waals surface area contributed by atoms with E-state index in [4.69, 9.17) is 4.74 Å². The standard InChI is InChI=1S/C13H18FNO4S/c1-13(16,9-3-4-9)8-15-20(17,18)10-5-6-12(19-2)11(14)7-10/h5-7,9,15-16H,3-4,8H2,1-2H3. The first-order valence-corrected chi connectivity index (χ1v) is 7.80. The van der Waals surface area contributed by atoms with E-state index in [0.29, 0.717) is 0 Å². The fourth-order valence-corrected chi connectivity index (χ4v) is 3.14. The summed E-state index contributed by atoms with van der Waals surface area (Å²) in [4.78, 5) is -0.192. The van der Waals surface area contributed by atoms with Crippen molar-refractivity contribution in [3.63, 3.8) is 0 Å². The minimum atomic E-state index is -3.85. The van der Waals surface area contributed by atoms with Gasteiger partial charge in [-0.15, -0.1) is 0 Å². The number of methoxy groups -OCH3 is 1. The second kappa shape index (κ2) is 5.31. The average molecular weight is 303 g/mol. The van der Waals surface area contributed by atoms with E-state index in [2.05, 4.69) is 4.72 Å². The first-order chi connectivity index (χ1) is 9.26. The van der Waals surface area contributed by atoms with Crippen molar-refractivity contribution in [1.82, 2.24) is 4.72 Å². The molecule has 1 saturated carbocycles. The summed E-state index contributed by atoms with van der Waals surface area (Å²) in [5, 5.41) is 10.1. The van der Waals surface area contributed by atoms with Crippen LogP contribution in [0.1, 0.15) is 19.8 Å². The van der Waals surface area contributed by atoms with Gasteiger partial charge in [-0.25, -0.2) is 17.5 Å². The van der Waals surface area contributed by atoms with Gasteiger partial charge in [-0.05, 0) is 43.9 Å². The molecule has 0 radical (unpaired) electrons. The lowest BCUT2D eigenvalue weighted by Crippen LogP contribution is -2.42. The van der Waals surface area contributed by atoms with Crippen molar-refractivity contribution in [2.24, 2.45) is 5.92 Å². The van der Waals surface area contributed by atoms with Crippen LogP contribution in [0, 0.1) is 11.7 Å². The first kappa shape index (κ1) is 15.2. The Balaban J connectivity index is 2.12. The molecule has 0 saturated heterocycles. The van der Waals surface area contributed by atoms with Gasteiger partial charge in [-0.3, -0.25) is 0 Å². The minimum Gasteiger partial charge on any atom is -0.494 e. The largest absolute Gasteiger partial charge is 0.494 e. The number of sulfonamides is 1. The van der Waals surface area contributed by atoms with Crippen molar-refractivity contribution < 1.29 is 22.7 Å². The Labute approximate surface area is 117 Å². The number of benzene rings is 1. The van der Waals surface area contributed by atoms with Gasteiger partial charge in [-0.2, -0.15) is 0 Å². The second-order valence-corrected chi connectivity index (χ2v) is 7.02. The smallest absolute Gasteiger partial charge is 0.240 e. The zero-order valence-corrected chi connectivity index (χ0v) is 12.2. The van der Waals surface area contributed by atoms with Crippen molar-refractivity contribution in [3.8, 4) is 5.75 Å². The monoisotopic (exact) mass is 303 g/mol. The topological polar surface area (TPSA) is 75.6 Å². The maximum Gasteiger partial charge on any atom is 0.240 e. The molecule has 2 rings (SSSR count). The fourth-order valence-electron chi connectivity index (χ4n) is 1.99. The van der Waals surface area contributed by atoms with Crippen LogP contribution >= 0.6 is 0 Å². The van der Waals surface area contributed by atoms with E-state index in [0.717, 1.165) is 18.9 Å². The molecule has 5 nitrogen and oxygen atoms in total. The molecule has 7 heteroatoms. The Morgan fingerprint density at radius 1 is 1.50 bits per heavy atom. The van der Waals surface area contributed by atoms with E-state index in [1.165, 1.54) is 19.2 Å². The third-order valence-corrected chi connectivity index (χ3v) is 4.91. The van der Waals surface area contributed by atoms with Crippen LogP contribution in [-0.4, -0.2) is 32.8 Å². The summed E-state index contributed by atoms with van der Waals surface area (Å²) in [5.74, 6) is -0.643. The highest BCUT2D eigenvalue weighted by Crippen LogP contribution is 2.39. The van der Waals surface area contributed by atoms with E-state index in [9.17, 15) is 17.9 Å². The molecule has 1 aliphatic rings. The zero-order chi connectivity index (χ0) is 15.0. The molecule has 1 fully saturated rings. The van der Waals surface area contributed by atoms with Crippen molar-refractivity contribution in [2.45, 2.75) is 30.3 Å². The predicted molar refractivity (Wildman–Crippen MR) is 71.5 cm³/mol. The van der Waals surface area contributed by atoms with Gasteiger partial charge in [0.2, 0.25) is 10.0 Å². The SMILES string of the molecule is COc1ccc(S(=O)(=O)NCC(C)(O)C2CC2)cc1F. The maximum atomic E-state index is 13.5. The Kier molecular flexibility index (Phi) is 4.04. The summed E-state index contributed by atoms with van der Waals surface area (Å²) in [7, 11) is -2.55. The van der Waals surface area contributed by atoms with Crippen LogP contribution in [0.25, 0.3) is 0 Å². The molecule has 0 amide bonds. The van der Waals surface area contributed by atoms with Crippen LogP contribution in [-0.2, 0) is 10.0 Å². The Morgan fingerprint density at radius 3 is 2.65 bits per heavy atom. The van der Waals surface area contributed by atoms with E-state index in [1.54, 1.807) is 6.92 Å². The van der Waals surface area contributed by atoms with Gasteiger partial charge >= 0.3 is 0 Å². The number of aliphatic hydroxyl groups is 1. The van der Waals surface area contributed by atoms with Crippen LogP contribution in [0.5, 0.6) is 5.75 Å². The number of nitrogens with one attached hydrogen (secondary N) is 1. The normalized spacial score (nSPS) is 18.6. The molecule has 20 heavy (non-hydrogen) atoms. The maximum absolute atomic E-state index is 13.5. The van der Waals surface area contributed by atoms with Crippen LogP contribution in [0.2, 0.25) is 0 Å². The van der Waals surface area contributed by atoms with E-state index in [-0.39, 0.29) is 23.1 Å². The fraction of sp³-hybridized carbons (Fsp3) is 0.538. The van der Waals surface area contributed by atoms with E-state index >= 15 is 0 Å². The Bertz CT molecular complexity index is 596. The summed E-state index contributed by atoms with van der Waals surface area (Å²) in [6.45, 7) is 1.51. The number of hydrogen-bond donors (Lipinski definition) is 2. The number of ether oxygens (including phenoxy) is 1. The van der Waals surface area contributed by atoms with Gasteiger partial charge in [0.15, 0.2) is 11.6 Å².